The summed E-state index contributed by atoms with van der Waals surface area (Å²) < 4.78 is 46.2. The van der Waals surface area contributed by atoms with Crippen molar-refractivity contribution in [1.29, 1.82) is 0 Å². The van der Waals surface area contributed by atoms with E-state index in [0.717, 1.165) is 29.8 Å². The Morgan fingerprint density at radius 3 is 2.81 bits per heavy atom. The molecular formula is C21H18ClF3N4O2. The lowest BCUT2D eigenvalue weighted by atomic mass is 10.0. The van der Waals surface area contributed by atoms with Crippen LogP contribution in [0, 0.1) is 0 Å². The number of carbonyl (C=O) groups excluding carboxylic acids is 1. The Bertz CT molecular complexity index is 1130. The lowest BCUT2D eigenvalue weighted by Crippen LogP contribution is -2.32. The highest BCUT2D eigenvalue weighted by molar-refractivity contribution is 6.31. The number of alkyl halides is 3. The minimum absolute atomic E-state index is 0.143. The standard InChI is InChI=1S/C21H18ClF3N4O2/c1-31-19-9-12(4-5-26-19)17-11-18-16(3-2-6-29(18)28-17)27-20(30)13-7-14(21(23,24)25)10-15(22)8-13/h4-5,7-11,16H,2-3,6H2,1H3,(H,27,30)/t16-/m1/s1. The molecular weight excluding hydrogens is 433 g/mol. The number of carbonyl (C=O) groups is 1. The molecule has 0 unspecified atom stereocenters. The van der Waals surface area contributed by atoms with Crippen molar-refractivity contribution in [3.8, 4) is 17.1 Å². The van der Waals surface area contributed by atoms with Gasteiger partial charge in [0.2, 0.25) is 5.88 Å². The number of fused-ring (bicyclic) bond motifs is 1. The van der Waals surface area contributed by atoms with E-state index in [-0.39, 0.29) is 16.6 Å². The Balaban J connectivity index is 1.60. The van der Waals surface area contributed by atoms with E-state index in [4.69, 9.17) is 16.3 Å². The van der Waals surface area contributed by atoms with Gasteiger partial charge in [-0.25, -0.2) is 4.98 Å². The van der Waals surface area contributed by atoms with Crippen LogP contribution in [0.2, 0.25) is 5.02 Å². The third kappa shape index (κ3) is 4.51. The molecule has 0 saturated carbocycles. The molecule has 0 aliphatic carbocycles. The first-order chi connectivity index (χ1) is 14.7. The Morgan fingerprint density at radius 2 is 2.06 bits per heavy atom. The van der Waals surface area contributed by atoms with Crippen molar-refractivity contribution >= 4 is 17.5 Å². The van der Waals surface area contributed by atoms with Gasteiger partial charge >= 0.3 is 6.18 Å². The molecule has 1 aliphatic heterocycles. The summed E-state index contributed by atoms with van der Waals surface area (Å²) >= 11 is 5.81. The zero-order valence-corrected chi connectivity index (χ0v) is 17.2. The summed E-state index contributed by atoms with van der Waals surface area (Å²) in [7, 11) is 1.52. The number of halogens is 4. The molecule has 1 N–H and O–H groups in total. The molecule has 3 heterocycles. The summed E-state index contributed by atoms with van der Waals surface area (Å²) in [5.74, 6) is -0.172. The summed E-state index contributed by atoms with van der Waals surface area (Å²) in [5, 5.41) is 7.27. The average Bonchev–Trinajstić information content (AvgIpc) is 3.18. The second-order valence-electron chi connectivity index (χ2n) is 7.16. The van der Waals surface area contributed by atoms with Crippen molar-refractivity contribution < 1.29 is 22.7 Å². The first-order valence-corrected chi connectivity index (χ1v) is 9.89. The SMILES string of the molecule is COc1cc(-c2cc3n(n2)CCC[C@H]3NC(=O)c2cc(Cl)cc(C(F)(F)F)c2)ccn1. The van der Waals surface area contributed by atoms with Gasteiger partial charge in [-0.15, -0.1) is 0 Å². The molecule has 3 aromatic rings. The van der Waals surface area contributed by atoms with E-state index in [2.05, 4.69) is 15.4 Å². The molecule has 1 atom stereocenters. The molecule has 1 aromatic carbocycles. The van der Waals surface area contributed by atoms with Crippen LogP contribution in [0.1, 0.15) is 40.5 Å². The Hall–Kier alpha value is -3.07. The van der Waals surface area contributed by atoms with Gasteiger partial charge in [0.25, 0.3) is 5.91 Å². The fourth-order valence-corrected chi connectivity index (χ4v) is 3.81. The van der Waals surface area contributed by atoms with Crippen LogP contribution < -0.4 is 10.1 Å². The van der Waals surface area contributed by atoms with E-state index in [1.807, 2.05) is 6.07 Å². The van der Waals surface area contributed by atoms with Crippen molar-refractivity contribution in [3.63, 3.8) is 0 Å². The molecule has 0 saturated heterocycles. The Kier molecular flexibility index (Phi) is 5.62. The van der Waals surface area contributed by atoms with Gasteiger partial charge in [-0.3, -0.25) is 9.48 Å². The van der Waals surface area contributed by atoms with Crippen molar-refractivity contribution in [2.24, 2.45) is 0 Å². The number of rotatable bonds is 4. The molecule has 10 heteroatoms. The summed E-state index contributed by atoms with van der Waals surface area (Å²) in [6.07, 6.45) is -1.57. The van der Waals surface area contributed by atoms with Gasteiger partial charge in [0.15, 0.2) is 0 Å². The molecule has 6 nitrogen and oxygen atoms in total. The number of nitrogens with zero attached hydrogens (tertiary/aromatic N) is 3. The first-order valence-electron chi connectivity index (χ1n) is 9.51. The van der Waals surface area contributed by atoms with E-state index >= 15 is 0 Å². The van der Waals surface area contributed by atoms with E-state index in [0.29, 0.717) is 24.5 Å². The van der Waals surface area contributed by atoms with Crippen LogP contribution in [0.3, 0.4) is 0 Å². The molecule has 1 amide bonds. The molecule has 2 aromatic heterocycles. The number of nitrogens with one attached hydrogen (secondary N) is 1. The van der Waals surface area contributed by atoms with E-state index < -0.39 is 17.6 Å². The van der Waals surface area contributed by atoms with Gasteiger partial charge in [0.05, 0.1) is 30.1 Å². The highest BCUT2D eigenvalue weighted by Crippen LogP contribution is 2.33. The smallest absolute Gasteiger partial charge is 0.416 e. The van der Waals surface area contributed by atoms with E-state index in [1.54, 1.807) is 23.0 Å². The monoisotopic (exact) mass is 450 g/mol. The summed E-state index contributed by atoms with van der Waals surface area (Å²) in [6.45, 7) is 0.680. The maximum Gasteiger partial charge on any atom is 0.416 e. The fourth-order valence-electron chi connectivity index (χ4n) is 3.58. The zero-order chi connectivity index (χ0) is 22.2. The highest BCUT2D eigenvalue weighted by atomic mass is 35.5. The quantitative estimate of drug-likeness (QED) is 0.614. The van der Waals surface area contributed by atoms with E-state index in [9.17, 15) is 18.0 Å². The summed E-state index contributed by atoms with van der Waals surface area (Å²) in [4.78, 5) is 16.8. The van der Waals surface area contributed by atoms with Crippen LogP contribution >= 0.6 is 11.6 Å². The van der Waals surface area contributed by atoms with Crippen molar-refractivity contribution in [3.05, 3.63) is 64.4 Å². The molecule has 0 fully saturated rings. The molecule has 0 bridgehead atoms. The third-order valence-electron chi connectivity index (χ3n) is 5.06. The minimum Gasteiger partial charge on any atom is -0.481 e. The van der Waals surface area contributed by atoms with Crippen LogP contribution in [0.25, 0.3) is 11.3 Å². The van der Waals surface area contributed by atoms with Crippen LogP contribution in [-0.4, -0.2) is 27.8 Å². The number of methoxy groups -OCH3 is 1. The third-order valence-corrected chi connectivity index (χ3v) is 5.28. The molecule has 0 spiro atoms. The number of pyridine rings is 1. The summed E-state index contributed by atoms with van der Waals surface area (Å²) in [5.41, 5.74) is 1.18. The number of hydrogen-bond donors (Lipinski definition) is 1. The molecule has 1 aliphatic rings. The second-order valence-corrected chi connectivity index (χ2v) is 7.60. The zero-order valence-electron chi connectivity index (χ0n) is 16.4. The normalized spacial score (nSPS) is 16.0. The van der Waals surface area contributed by atoms with Gasteiger partial charge in [-0.2, -0.15) is 18.3 Å². The van der Waals surface area contributed by atoms with Crippen molar-refractivity contribution in [1.82, 2.24) is 20.1 Å². The predicted octanol–water partition coefficient (Wildman–Crippen LogP) is 4.89. The van der Waals surface area contributed by atoms with Gasteiger partial charge in [-0.1, -0.05) is 11.6 Å². The van der Waals surface area contributed by atoms with E-state index in [1.165, 1.54) is 13.2 Å². The number of ether oxygens (including phenoxy) is 1. The van der Waals surface area contributed by atoms with Crippen LogP contribution in [0.4, 0.5) is 13.2 Å². The van der Waals surface area contributed by atoms with Crippen LogP contribution in [0.15, 0.2) is 42.6 Å². The fraction of sp³-hybridized carbons (Fsp3) is 0.286. The number of aryl methyl sites for hydroxylation is 1. The van der Waals surface area contributed by atoms with Crippen LogP contribution in [0.5, 0.6) is 5.88 Å². The topological polar surface area (TPSA) is 69.0 Å². The molecule has 0 radical (unpaired) electrons. The Labute approximate surface area is 181 Å². The van der Waals surface area contributed by atoms with Gasteiger partial charge in [0.1, 0.15) is 0 Å². The van der Waals surface area contributed by atoms with Gasteiger partial charge in [0, 0.05) is 35.0 Å². The number of benzene rings is 1. The van der Waals surface area contributed by atoms with Crippen molar-refractivity contribution in [2.75, 3.05) is 7.11 Å². The maximum atomic E-state index is 13.1. The maximum absolute atomic E-state index is 13.1. The number of hydrogen-bond acceptors (Lipinski definition) is 4. The second kappa shape index (κ2) is 8.22. The van der Waals surface area contributed by atoms with Gasteiger partial charge in [-0.05, 0) is 43.2 Å². The van der Waals surface area contributed by atoms with Crippen LogP contribution in [-0.2, 0) is 12.7 Å². The number of aromatic nitrogens is 3. The number of amides is 1. The minimum atomic E-state index is -4.59. The van der Waals surface area contributed by atoms with Crippen molar-refractivity contribution in [2.45, 2.75) is 31.6 Å². The van der Waals surface area contributed by atoms with Gasteiger partial charge < -0.3 is 10.1 Å². The first kappa shape index (κ1) is 21.2. The average molecular weight is 451 g/mol. The lowest BCUT2D eigenvalue weighted by Gasteiger charge is -2.24. The summed E-state index contributed by atoms with van der Waals surface area (Å²) in [6, 6.07) is 7.85. The molecule has 162 valence electrons. The largest absolute Gasteiger partial charge is 0.481 e. The predicted molar refractivity (Wildman–Crippen MR) is 108 cm³/mol. The Morgan fingerprint density at radius 1 is 1.26 bits per heavy atom. The molecule has 4 rings (SSSR count). The molecule has 31 heavy (non-hydrogen) atoms. The lowest BCUT2D eigenvalue weighted by molar-refractivity contribution is -0.137. The highest BCUT2D eigenvalue weighted by Gasteiger charge is 2.32.